The first-order valence-corrected chi connectivity index (χ1v) is 10.5. The summed E-state index contributed by atoms with van der Waals surface area (Å²) in [5.74, 6) is -1.43. The molecule has 0 saturated carbocycles. The molecule has 6 nitrogen and oxygen atoms in total. The molecule has 0 radical (unpaired) electrons. The van der Waals surface area contributed by atoms with Crippen LogP contribution in [0.25, 0.3) is 0 Å². The van der Waals surface area contributed by atoms with Gasteiger partial charge in [-0.25, -0.2) is 0 Å². The van der Waals surface area contributed by atoms with Crippen LogP contribution in [-0.4, -0.2) is 36.4 Å². The van der Waals surface area contributed by atoms with Gasteiger partial charge in [0, 0.05) is 7.11 Å². The van der Waals surface area contributed by atoms with Gasteiger partial charge in [0.05, 0.1) is 19.3 Å². The van der Waals surface area contributed by atoms with Gasteiger partial charge in [-0.15, -0.1) is 0 Å². The molecule has 0 amide bonds. The number of hydrogen-bond acceptors (Lipinski definition) is 6. The van der Waals surface area contributed by atoms with Gasteiger partial charge in [0.15, 0.2) is 5.85 Å². The van der Waals surface area contributed by atoms with E-state index in [1.54, 1.807) is 6.92 Å². The summed E-state index contributed by atoms with van der Waals surface area (Å²) in [4.78, 5) is 0. The number of aliphatic hydroxyl groups excluding tert-OH is 1. The van der Waals surface area contributed by atoms with Gasteiger partial charge < -0.3 is 23.6 Å². The van der Waals surface area contributed by atoms with Crippen LogP contribution in [0, 0.1) is 0 Å². The van der Waals surface area contributed by atoms with Gasteiger partial charge in [-0.05, 0) is 18.1 Å². The molecule has 1 fully saturated rings. The minimum Gasteiger partial charge on any atom is -0.378 e. The molecule has 1 aliphatic rings. The van der Waals surface area contributed by atoms with Crippen molar-refractivity contribution in [3.05, 3.63) is 71.8 Å². The molecule has 1 N–H and O–H groups in total. The van der Waals surface area contributed by atoms with Crippen molar-refractivity contribution in [2.75, 3.05) is 7.11 Å². The van der Waals surface area contributed by atoms with Crippen LogP contribution < -0.4 is 0 Å². The predicted octanol–water partition coefficient (Wildman–Crippen LogP) is 3.73. The lowest BCUT2D eigenvalue weighted by Gasteiger charge is -2.42. The maximum absolute atomic E-state index is 12.8. The van der Waals surface area contributed by atoms with E-state index in [0.29, 0.717) is 6.61 Å². The average molecular weight is 392 g/mol. The second kappa shape index (κ2) is 9.11. The van der Waals surface area contributed by atoms with Crippen molar-refractivity contribution in [1.29, 1.82) is 0 Å². The molecule has 0 aliphatic carbocycles. The smallest absolute Gasteiger partial charge is 0.361 e. The molecule has 5 atom stereocenters. The molecule has 1 aliphatic heterocycles. The lowest BCUT2D eigenvalue weighted by Crippen LogP contribution is -2.51. The van der Waals surface area contributed by atoms with E-state index in [2.05, 4.69) is 0 Å². The van der Waals surface area contributed by atoms with E-state index in [1.807, 2.05) is 60.7 Å². The number of hydrogen-bond donors (Lipinski definition) is 1. The van der Waals surface area contributed by atoms with Crippen LogP contribution in [0.3, 0.4) is 0 Å². The minimum atomic E-state index is -3.70. The summed E-state index contributed by atoms with van der Waals surface area (Å²) in [6.45, 7) is 2.32. The molecular formula is C20H25O6P. The lowest BCUT2D eigenvalue weighted by atomic mass is 10.1. The highest BCUT2D eigenvalue weighted by Crippen LogP contribution is 2.58. The van der Waals surface area contributed by atoms with E-state index in [-0.39, 0.29) is 6.61 Å². The zero-order valence-electron chi connectivity index (χ0n) is 15.4. The quantitative estimate of drug-likeness (QED) is 0.724. The fourth-order valence-electron chi connectivity index (χ4n) is 3.07. The van der Waals surface area contributed by atoms with E-state index in [9.17, 15) is 9.67 Å². The summed E-state index contributed by atoms with van der Waals surface area (Å²) in [6.07, 6.45) is -2.01. The van der Waals surface area contributed by atoms with Gasteiger partial charge >= 0.3 is 7.60 Å². The fourth-order valence-corrected chi connectivity index (χ4v) is 4.69. The Kier molecular flexibility index (Phi) is 6.82. The predicted molar refractivity (Wildman–Crippen MR) is 101 cm³/mol. The Morgan fingerprint density at radius 1 is 0.926 bits per heavy atom. The third-order valence-electron chi connectivity index (χ3n) is 4.54. The topological polar surface area (TPSA) is 74.2 Å². The zero-order chi connectivity index (χ0) is 19.3. The van der Waals surface area contributed by atoms with E-state index < -0.39 is 31.8 Å². The first-order valence-electron chi connectivity index (χ1n) is 8.86. The molecule has 2 aromatic rings. The molecule has 0 aromatic heterocycles. The third-order valence-corrected chi connectivity index (χ3v) is 6.62. The third kappa shape index (κ3) is 4.85. The number of aliphatic hydroxyl groups is 1. The molecule has 0 spiro atoms. The first kappa shape index (κ1) is 20.2. The van der Waals surface area contributed by atoms with Crippen LogP contribution in [0.2, 0.25) is 0 Å². The van der Waals surface area contributed by atoms with Crippen molar-refractivity contribution in [3.8, 4) is 0 Å². The molecule has 0 bridgehead atoms. The van der Waals surface area contributed by atoms with Gasteiger partial charge in [-0.3, -0.25) is 4.57 Å². The van der Waals surface area contributed by atoms with Gasteiger partial charge in [0.2, 0.25) is 0 Å². The molecule has 1 saturated heterocycles. The Morgan fingerprint density at radius 3 is 1.89 bits per heavy atom. The maximum atomic E-state index is 12.8. The van der Waals surface area contributed by atoms with Gasteiger partial charge in [0.1, 0.15) is 12.2 Å². The summed E-state index contributed by atoms with van der Waals surface area (Å²) in [6, 6.07) is 19.3. The van der Waals surface area contributed by atoms with E-state index in [4.69, 9.17) is 18.5 Å². The van der Waals surface area contributed by atoms with E-state index in [1.165, 1.54) is 7.11 Å². The number of benzene rings is 2. The average Bonchev–Trinajstić information content (AvgIpc) is 2.70. The van der Waals surface area contributed by atoms with Crippen molar-refractivity contribution in [3.63, 3.8) is 0 Å². The van der Waals surface area contributed by atoms with Crippen LogP contribution in [0.15, 0.2) is 60.7 Å². The summed E-state index contributed by atoms with van der Waals surface area (Å²) in [5.41, 5.74) is 1.93. The second-order valence-corrected chi connectivity index (χ2v) is 8.65. The van der Waals surface area contributed by atoms with Gasteiger partial charge in [0.25, 0.3) is 0 Å². The Labute approximate surface area is 159 Å². The first-order chi connectivity index (χ1) is 13.0. The standard InChI is InChI=1S/C20H25O6P/c1-15-18(24-13-16-9-5-3-6-10-16)19(20(21)27(22,23-2)26-15)25-14-17-11-7-4-8-12-17/h3-12,15,18-21H,13-14H2,1-2H3/t15-,18+,19+,20+,27-/m0/s1. The van der Waals surface area contributed by atoms with Crippen molar-refractivity contribution < 1.29 is 28.2 Å². The zero-order valence-corrected chi connectivity index (χ0v) is 16.3. The Bertz CT molecular complexity index is 754. The summed E-state index contributed by atoms with van der Waals surface area (Å²) >= 11 is 0. The molecule has 0 unspecified atom stereocenters. The molecule has 7 heteroatoms. The molecular weight excluding hydrogens is 367 g/mol. The highest BCUT2D eigenvalue weighted by atomic mass is 31.2. The highest BCUT2D eigenvalue weighted by molar-refractivity contribution is 7.54. The van der Waals surface area contributed by atoms with Crippen molar-refractivity contribution in [1.82, 2.24) is 0 Å². The fraction of sp³-hybridized carbons (Fsp3) is 0.400. The van der Waals surface area contributed by atoms with Crippen LogP contribution in [0.1, 0.15) is 18.1 Å². The van der Waals surface area contributed by atoms with Crippen molar-refractivity contribution in [2.24, 2.45) is 0 Å². The number of ether oxygens (including phenoxy) is 2. The lowest BCUT2D eigenvalue weighted by molar-refractivity contribution is -0.166. The summed E-state index contributed by atoms with van der Waals surface area (Å²) < 4.78 is 35.2. The van der Waals surface area contributed by atoms with Gasteiger partial charge in [-0.1, -0.05) is 60.7 Å². The second-order valence-electron chi connectivity index (χ2n) is 6.47. The monoisotopic (exact) mass is 392 g/mol. The minimum absolute atomic E-state index is 0.254. The molecule has 27 heavy (non-hydrogen) atoms. The van der Waals surface area contributed by atoms with Crippen LogP contribution >= 0.6 is 7.60 Å². The Hall–Kier alpha value is -1.53. The summed E-state index contributed by atoms with van der Waals surface area (Å²) in [5, 5.41) is 10.6. The van der Waals surface area contributed by atoms with E-state index >= 15 is 0 Å². The molecule has 2 aromatic carbocycles. The Balaban J connectivity index is 1.75. The molecule has 146 valence electrons. The largest absolute Gasteiger partial charge is 0.378 e. The summed E-state index contributed by atoms with van der Waals surface area (Å²) in [7, 11) is -2.44. The molecule has 3 rings (SSSR count). The van der Waals surface area contributed by atoms with Crippen LogP contribution in [0.4, 0.5) is 0 Å². The van der Waals surface area contributed by atoms with Crippen LogP contribution in [-0.2, 0) is 36.3 Å². The highest BCUT2D eigenvalue weighted by Gasteiger charge is 2.52. The SMILES string of the molecule is CO[P@]1(=O)O[C@@H](C)[C@@H](OCc2ccccc2)[C@@H](OCc2ccccc2)[C@@H]1O. The normalized spacial score (nSPS) is 30.9. The van der Waals surface area contributed by atoms with E-state index in [0.717, 1.165) is 11.1 Å². The van der Waals surface area contributed by atoms with Crippen molar-refractivity contribution >= 4 is 7.60 Å². The van der Waals surface area contributed by atoms with Crippen molar-refractivity contribution in [2.45, 2.75) is 44.3 Å². The van der Waals surface area contributed by atoms with Gasteiger partial charge in [-0.2, -0.15) is 0 Å². The van der Waals surface area contributed by atoms with Crippen LogP contribution in [0.5, 0.6) is 0 Å². The maximum Gasteiger partial charge on any atom is 0.361 e. The Morgan fingerprint density at radius 2 is 1.41 bits per heavy atom. The number of rotatable bonds is 7. The molecule has 1 heterocycles.